The number of carbonyl (C=O) groups is 2. The van der Waals surface area contributed by atoms with Crippen molar-refractivity contribution in [1.29, 1.82) is 0 Å². The first-order chi connectivity index (χ1) is 16.0. The van der Waals surface area contributed by atoms with Gasteiger partial charge in [-0.05, 0) is 49.3 Å². The summed E-state index contributed by atoms with van der Waals surface area (Å²) < 4.78 is 0. The molecule has 0 bridgehead atoms. The van der Waals surface area contributed by atoms with Gasteiger partial charge in [-0.2, -0.15) is 0 Å². The number of urea groups is 1. The lowest BCUT2D eigenvalue weighted by Gasteiger charge is -2.39. The van der Waals surface area contributed by atoms with Gasteiger partial charge in [-0.3, -0.25) is 19.5 Å². The predicted octanol–water partition coefficient (Wildman–Crippen LogP) is 3.55. The zero-order valence-electron chi connectivity index (χ0n) is 19.5. The third kappa shape index (κ3) is 4.55. The van der Waals surface area contributed by atoms with Crippen LogP contribution in [0.5, 0.6) is 0 Å². The van der Waals surface area contributed by atoms with Crippen LogP contribution in [0.25, 0.3) is 0 Å². The molecule has 2 aromatic rings. The molecule has 1 spiro atoms. The molecule has 33 heavy (non-hydrogen) atoms. The molecule has 0 radical (unpaired) electrons. The number of rotatable bonds is 5. The molecule has 0 atom stereocenters. The molecular weight excluding hydrogens is 412 g/mol. The molecule has 0 saturated carbocycles. The average molecular weight is 447 g/mol. The molecule has 3 saturated heterocycles. The Labute approximate surface area is 196 Å². The van der Waals surface area contributed by atoms with Gasteiger partial charge in [-0.25, -0.2) is 4.79 Å². The second kappa shape index (κ2) is 9.27. The van der Waals surface area contributed by atoms with Crippen LogP contribution in [0.3, 0.4) is 0 Å². The highest BCUT2D eigenvalue weighted by Crippen LogP contribution is 2.33. The summed E-state index contributed by atoms with van der Waals surface area (Å²) >= 11 is 0. The second-order valence-corrected chi connectivity index (χ2v) is 9.88. The number of benzene rings is 2. The highest BCUT2D eigenvalue weighted by molar-refractivity contribution is 6.07. The standard InChI is InChI=1S/C27H34N4O2/c1-21-7-5-6-10-23(21)20-29-15-11-24(12-16-29)31-25(32)27(28-26(31)33)13-17-30(18-14-27)19-22-8-3-2-4-9-22/h2-10,24H,11-20H2,1H3,(H,28,33). The molecule has 6 heteroatoms. The van der Waals surface area contributed by atoms with Crippen LogP contribution in [0.4, 0.5) is 4.79 Å². The maximum atomic E-state index is 13.5. The van der Waals surface area contributed by atoms with Crippen molar-refractivity contribution < 1.29 is 9.59 Å². The van der Waals surface area contributed by atoms with E-state index >= 15 is 0 Å². The van der Waals surface area contributed by atoms with E-state index in [9.17, 15) is 9.59 Å². The lowest BCUT2D eigenvalue weighted by Crippen LogP contribution is -2.55. The van der Waals surface area contributed by atoms with Crippen LogP contribution < -0.4 is 5.32 Å². The van der Waals surface area contributed by atoms with E-state index in [1.165, 1.54) is 16.7 Å². The van der Waals surface area contributed by atoms with Crippen molar-refractivity contribution in [1.82, 2.24) is 20.0 Å². The summed E-state index contributed by atoms with van der Waals surface area (Å²) in [6, 6.07) is 18.8. The third-order valence-electron chi connectivity index (χ3n) is 7.73. The van der Waals surface area contributed by atoms with E-state index in [1.807, 2.05) is 6.07 Å². The number of amides is 3. The van der Waals surface area contributed by atoms with Gasteiger partial charge < -0.3 is 5.32 Å². The fourth-order valence-corrected chi connectivity index (χ4v) is 5.61. The second-order valence-electron chi connectivity index (χ2n) is 9.88. The van der Waals surface area contributed by atoms with Gasteiger partial charge in [0, 0.05) is 45.3 Å². The molecule has 3 heterocycles. The van der Waals surface area contributed by atoms with Gasteiger partial charge >= 0.3 is 6.03 Å². The molecule has 0 aromatic heterocycles. The summed E-state index contributed by atoms with van der Waals surface area (Å²) in [7, 11) is 0. The minimum atomic E-state index is -0.706. The van der Waals surface area contributed by atoms with Crippen molar-refractivity contribution in [3.8, 4) is 0 Å². The van der Waals surface area contributed by atoms with Crippen molar-refractivity contribution >= 4 is 11.9 Å². The maximum absolute atomic E-state index is 13.5. The van der Waals surface area contributed by atoms with Crippen molar-refractivity contribution in [2.45, 2.75) is 57.3 Å². The highest BCUT2D eigenvalue weighted by Gasteiger charge is 2.54. The molecule has 6 nitrogen and oxygen atoms in total. The Morgan fingerprint density at radius 3 is 2.18 bits per heavy atom. The van der Waals surface area contributed by atoms with Crippen molar-refractivity contribution in [2.75, 3.05) is 26.2 Å². The first-order valence-corrected chi connectivity index (χ1v) is 12.2. The van der Waals surface area contributed by atoms with Crippen LogP contribution in [0.2, 0.25) is 0 Å². The Kier molecular flexibility index (Phi) is 6.21. The number of likely N-dealkylation sites (tertiary alicyclic amines) is 2. The smallest absolute Gasteiger partial charge is 0.323 e. The molecule has 3 fully saturated rings. The maximum Gasteiger partial charge on any atom is 0.325 e. The van der Waals surface area contributed by atoms with E-state index in [0.717, 1.165) is 52.1 Å². The van der Waals surface area contributed by atoms with Gasteiger partial charge in [0.1, 0.15) is 5.54 Å². The normalized spacial score (nSPS) is 22.2. The Balaban J connectivity index is 1.16. The minimum Gasteiger partial charge on any atom is -0.323 e. The Morgan fingerprint density at radius 2 is 1.48 bits per heavy atom. The summed E-state index contributed by atoms with van der Waals surface area (Å²) in [5, 5.41) is 3.11. The molecule has 2 aromatic carbocycles. The molecular formula is C27H34N4O2. The first kappa shape index (κ1) is 22.1. The van der Waals surface area contributed by atoms with E-state index in [0.29, 0.717) is 12.8 Å². The Bertz CT molecular complexity index is 992. The van der Waals surface area contributed by atoms with Crippen LogP contribution in [0.1, 0.15) is 42.4 Å². The number of nitrogens with zero attached hydrogens (tertiary/aromatic N) is 3. The highest BCUT2D eigenvalue weighted by atomic mass is 16.2. The number of nitrogens with one attached hydrogen (secondary N) is 1. The fourth-order valence-electron chi connectivity index (χ4n) is 5.61. The number of hydrogen-bond donors (Lipinski definition) is 1. The molecule has 3 aliphatic heterocycles. The monoisotopic (exact) mass is 446 g/mol. The Morgan fingerprint density at radius 1 is 0.848 bits per heavy atom. The third-order valence-corrected chi connectivity index (χ3v) is 7.73. The zero-order valence-corrected chi connectivity index (χ0v) is 19.5. The number of hydrogen-bond acceptors (Lipinski definition) is 4. The molecule has 3 amide bonds. The van der Waals surface area contributed by atoms with Gasteiger partial charge in [0.15, 0.2) is 0 Å². The summed E-state index contributed by atoms with van der Waals surface area (Å²) in [6.45, 7) is 7.44. The molecule has 0 aliphatic carbocycles. The van der Waals surface area contributed by atoms with Gasteiger partial charge in [-0.1, -0.05) is 54.6 Å². The Hall–Kier alpha value is -2.70. The average Bonchev–Trinajstić information content (AvgIpc) is 3.07. The molecule has 0 unspecified atom stereocenters. The summed E-state index contributed by atoms with van der Waals surface area (Å²) in [5.74, 6) is 0.00390. The van der Waals surface area contributed by atoms with Gasteiger partial charge in [0.05, 0.1) is 0 Å². The minimum absolute atomic E-state index is 0.00390. The predicted molar refractivity (Wildman–Crippen MR) is 129 cm³/mol. The molecule has 5 rings (SSSR count). The molecule has 1 N–H and O–H groups in total. The number of piperidine rings is 2. The largest absolute Gasteiger partial charge is 0.325 e. The first-order valence-electron chi connectivity index (χ1n) is 12.2. The fraction of sp³-hybridized carbons (Fsp3) is 0.481. The number of carbonyl (C=O) groups excluding carboxylic acids is 2. The van der Waals surface area contributed by atoms with Crippen LogP contribution >= 0.6 is 0 Å². The zero-order chi connectivity index (χ0) is 22.8. The van der Waals surface area contributed by atoms with E-state index in [4.69, 9.17) is 0 Å². The summed E-state index contributed by atoms with van der Waals surface area (Å²) in [5.41, 5.74) is 3.25. The van der Waals surface area contributed by atoms with E-state index in [-0.39, 0.29) is 18.0 Å². The van der Waals surface area contributed by atoms with Crippen molar-refractivity contribution in [3.05, 3.63) is 71.3 Å². The quantitative estimate of drug-likeness (QED) is 0.714. The van der Waals surface area contributed by atoms with E-state index < -0.39 is 5.54 Å². The number of imide groups is 1. The van der Waals surface area contributed by atoms with Crippen LogP contribution in [-0.2, 0) is 17.9 Å². The van der Waals surface area contributed by atoms with E-state index in [2.05, 4.69) is 70.6 Å². The van der Waals surface area contributed by atoms with Crippen molar-refractivity contribution in [3.63, 3.8) is 0 Å². The molecule has 3 aliphatic rings. The SMILES string of the molecule is Cc1ccccc1CN1CCC(N2C(=O)NC3(CCN(Cc4ccccc4)CC3)C2=O)CC1. The van der Waals surface area contributed by atoms with Crippen LogP contribution in [0, 0.1) is 6.92 Å². The molecule has 174 valence electrons. The van der Waals surface area contributed by atoms with Crippen molar-refractivity contribution in [2.24, 2.45) is 0 Å². The summed E-state index contributed by atoms with van der Waals surface area (Å²) in [4.78, 5) is 32.8. The number of aryl methyl sites for hydroxylation is 1. The topological polar surface area (TPSA) is 55.9 Å². The van der Waals surface area contributed by atoms with Gasteiger partial charge in [0.2, 0.25) is 0 Å². The van der Waals surface area contributed by atoms with Gasteiger partial charge in [-0.15, -0.1) is 0 Å². The van der Waals surface area contributed by atoms with Crippen LogP contribution in [0.15, 0.2) is 54.6 Å². The van der Waals surface area contributed by atoms with Gasteiger partial charge in [0.25, 0.3) is 5.91 Å². The van der Waals surface area contributed by atoms with Crippen LogP contribution in [-0.4, -0.2) is 64.4 Å². The van der Waals surface area contributed by atoms with E-state index in [1.54, 1.807) is 4.90 Å². The lowest BCUT2D eigenvalue weighted by atomic mass is 9.86. The summed E-state index contributed by atoms with van der Waals surface area (Å²) in [6.07, 6.45) is 3.07. The lowest BCUT2D eigenvalue weighted by molar-refractivity contribution is -0.135.